The number of hydrogen-bond donors (Lipinski definition) is 6. The van der Waals surface area contributed by atoms with Crippen LogP contribution in [0.25, 0.3) is 32.6 Å². The standard InChI is InChI=1S/C18H10N2O8/c21-15(22)9-6-3-1-5-2-4-7-10(16(23)24)14(18(27)28)20-12(7)8(5)11(6)19-13(9)17(25)26/h1-4,19-20H,(H,21,22)(H,23,24)(H,25,26)(H,27,28). The van der Waals surface area contributed by atoms with Crippen molar-refractivity contribution in [2.24, 2.45) is 0 Å². The van der Waals surface area contributed by atoms with Gasteiger partial charge in [0.25, 0.3) is 0 Å². The lowest BCUT2D eigenvalue weighted by molar-refractivity contribution is 0.0650. The number of aromatic carboxylic acids is 4. The lowest BCUT2D eigenvalue weighted by Gasteiger charge is -2.03. The Morgan fingerprint density at radius 3 is 1.32 bits per heavy atom. The topological polar surface area (TPSA) is 181 Å². The monoisotopic (exact) mass is 382 g/mol. The maximum atomic E-state index is 11.6. The molecule has 0 atom stereocenters. The van der Waals surface area contributed by atoms with Crippen molar-refractivity contribution in [1.29, 1.82) is 0 Å². The van der Waals surface area contributed by atoms with Gasteiger partial charge in [-0.05, 0) is 5.39 Å². The number of fused-ring (bicyclic) bond motifs is 5. The van der Waals surface area contributed by atoms with Gasteiger partial charge in [-0.25, -0.2) is 19.2 Å². The Bertz CT molecular complexity index is 1270. The number of carboxylic acid groups (broad SMARTS) is 4. The summed E-state index contributed by atoms with van der Waals surface area (Å²) in [6.45, 7) is 0. The van der Waals surface area contributed by atoms with E-state index in [1.807, 2.05) is 0 Å². The average Bonchev–Trinajstić information content (AvgIpc) is 3.20. The highest BCUT2D eigenvalue weighted by Gasteiger charge is 2.27. The van der Waals surface area contributed by atoms with Crippen LogP contribution < -0.4 is 0 Å². The van der Waals surface area contributed by atoms with Crippen molar-refractivity contribution in [2.45, 2.75) is 0 Å². The van der Waals surface area contributed by atoms with Crippen LogP contribution in [0.1, 0.15) is 41.7 Å². The predicted molar refractivity (Wildman–Crippen MR) is 95.5 cm³/mol. The minimum Gasteiger partial charge on any atom is -0.478 e. The molecule has 0 saturated heterocycles. The first-order chi connectivity index (χ1) is 13.2. The van der Waals surface area contributed by atoms with Crippen LogP contribution in [0.5, 0.6) is 0 Å². The maximum absolute atomic E-state index is 11.6. The molecule has 140 valence electrons. The fourth-order valence-electron chi connectivity index (χ4n) is 3.50. The van der Waals surface area contributed by atoms with Gasteiger partial charge in [-0.15, -0.1) is 0 Å². The van der Waals surface area contributed by atoms with Crippen LogP contribution in [0, 0.1) is 0 Å². The fraction of sp³-hybridized carbons (Fsp3) is 0. The number of H-pyrrole nitrogens is 2. The van der Waals surface area contributed by atoms with E-state index in [1.165, 1.54) is 12.1 Å². The zero-order valence-electron chi connectivity index (χ0n) is 13.7. The number of carbonyl (C=O) groups is 4. The SMILES string of the molecule is O=C(O)c1[nH]c2c(ccc3ccc4c(C(=O)O)c(C(=O)O)[nH]c4c32)c1C(=O)O. The van der Waals surface area contributed by atoms with Crippen LogP contribution in [0.15, 0.2) is 24.3 Å². The highest BCUT2D eigenvalue weighted by atomic mass is 16.4. The van der Waals surface area contributed by atoms with E-state index >= 15 is 0 Å². The molecule has 2 aromatic heterocycles. The molecule has 0 bridgehead atoms. The van der Waals surface area contributed by atoms with E-state index < -0.39 is 46.4 Å². The fourth-order valence-corrected chi connectivity index (χ4v) is 3.50. The second-order valence-electron chi connectivity index (χ2n) is 6.04. The third-order valence-electron chi connectivity index (χ3n) is 4.58. The molecule has 0 spiro atoms. The summed E-state index contributed by atoms with van der Waals surface area (Å²) in [5, 5.41) is 38.6. The van der Waals surface area contributed by atoms with Gasteiger partial charge in [0.05, 0.1) is 22.2 Å². The molecule has 2 aromatic carbocycles. The third-order valence-corrected chi connectivity index (χ3v) is 4.58. The molecular weight excluding hydrogens is 372 g/mol. The molecule has 4 rings (SSSR count). The Hall–Kier alpha value is -4.34. The first-order valence-corrected chi connectivity index (χ1v) is 7.78. The smallest absolute Gasteiger partial charge is 0.353 e. The van der Waals surface area contributed by atoms with Crippen molar-refractivity contribution < 1.29 is 39.6 Å². The number of hydrogen-bond acceptors (Lipinski definition) is 4. The van der Waals surface area contributed by atoms with Crippen LogP contribution in [0.2, 0.25) is 0 Å². The number of carboxylic acids is 4. The van der Waals surface area contributed by atoms with Gasteiger partial charge in [0.15, 0.2) is 0 Å². The van der Waals surface area contributed by atoms with Gasteiger partial charge < -0.3 is 30.4 Å². The second kappa shape index (κ2) is 5.58. The Balaban J connectivity index is 2.27. The summed E-state index contributed by atoms with van der Waals surface area (Å²) in [4.78, 5) is 51.3. The maximum Gasteiger partial charge on any atom is 0.353 e. The molecule has 2 heterocycles. The quantitative estimate of drug-likeness (QED) is 0.311. The minimum absolute atomic E-state index is 0.105. The van der Waals surface area contributed by atoms with Gasteiger partial charge in [0, 0.05) is 16.2 Å². The molecular formula is C18H10N2O8. The second-order valence-corrected chi connectivity index (χ2v) is 6.04. The molecule has 10 nitrogen and oxygen atoms in total. The third kappa shape index (κ3) is 2.14. The Morgan fingerprint density at radius 2 is 1.00 bits per heavy atom. The molecule has 4 aromatic rings. The summed E-state index contributed by atoms with van der Waals surface area (Å²) in [5.74, 6) is -5.84. The van der Waals surface area contributed by atoms with Crippen molar-refractivity contribution in [1.82, 2.24) is 9.97 Å². The number of aromatic nitrogens is 2. The number of aromatic amines is 2. The Kier molecular flexibility index (Phi) is 3.40. The summed E-state index contributed by atoms with van der Waals surface area (Å²) < 4.78 is 0. The van der Waals surface area contributed by atoms with E-state index in [-0.39, 0.29) is 21.8 Å². The summed E-state index contributed by atoms with van der Waals surface area (Å²) >= 11 is 0. The molecule has 10 heteroatoms. The van der Waals surface area contributed by atoms with E-state index in [2.05, 4.69) is 9.97 Å². The molecule has 0 amide bonds. The van der Waals surface area contributed by atoms with Crippen molar-refractivity contribution in [2.75, 3.05) is 0 Å². The zero-order valence-corrected chi connectivity index (χ0v) is 13.7. The van der Waals surface area contributed by atoms with Crippen LogP contribution >= 0.6 is 0 Å². The molecule has 28 heavy (non-hydrogen) atoms. The van der Waals surface area contributed by atoms with Gasteiger partial charge in [0.2, 0.25) is 0 Å². The van der Waals surface area contributed by atoms with E-state index in [4.69, 9.17) is 0 Å². The zero-order chi connectivity index (χ0) is 20.3. The van der Waals surface area contributed by atoms with Crippen molar-refractivity contribution in [3.8, 4) is 0 Å². The van der Waals surface area contributed by atoms with Gasteiger partial charge in [-0.1, -0.05) is 24.3 Å². The highest BCUT2D eigenvalue weighted by molar-refractivity contribution is 6.26. The lowest BCUT2D eigenvalue weighted by Crippen LogP contribution is -2.06. The largest absolute Gasteiger partial charge is 0.478 e. The molecule has 0 saturated carbocycles. The molecule has 0 radical (unpaired) electrons. The average molecular weight is 382 g/mol. The van der Waals surface area contributed by atoms with E-state index in [9.17, 15) is 39.6 Å². The summed E-state index contributed by atoms with van der Waals surface area (Å²) in [5.41, 5.74) is -1.65. The van der Waals surface area contributed by atoms with Crippen LogP contribution in [-0.4, -0.2) is 54.3 Å². The lowest BCUT2D eigenvalue weighted by atomic mass is 10.0. The summed E-state index contributed by atoms with van der Waals surface area (Å²) in [7, 11) is 0. The van der Waals surface area contributed by atoms with Gasteiger partial charge in [-0.2, -0.15) is 0 Å². The van der Waals surface area contributed by atoms with E-state index in [1.54, 1.807) is 12.1 Å². The molecule has 0 unspecified atom stereocenters. The molecule has 0 fully saturated rings. The molecule has 6 N–H and O–H groups in total. The number of rotatable bonds is 4. The first-order valence-electron chi connectivity index (χ1n) is 7.78. The van der Waals surface area contributed by atoms with E-state index in [0.717, 1.165) is 0 Å². The van der Waals surface area contributed by atoms with Crippen LogP contribution in [-0.2, 0) is 0 Å². The minimum atomic E-state index is -1.47. The predicted octanol–water partition coefficient (Wildman–Crippen LogP) is 2.60. The molecule has 0 aliphatic heterocycles. The van der Waals surface area contributed by atoms with Gasteiger partial charge in [0.1, 0.15) is 11.4 Å². The normalized spacial score (nSPS) is 11.3. The highest BCUT2D eigenvalue weighted by Crippen LogP contribution is 2.36. The first kappa shape index (κ1) is 17.1. The summed E-state index contributed by atoms with van der Waals surface area (Å²) in [6.07, 6.45) is 0. The molecule has 0 aliphatic rings. The summed E-state index contributed by atoms with van der Waals surface area (Å²) in [6, 6.07) is 5.97. The molecule has 0 aliphatic carbocycles. The van der Waals surface area contributed by atoms with Crippen molar-refractivity contribution in [3.63, 3.8) is 0 Å². The van der Waals surface area contributed by atoms with Crippen molar-refractivity contribution in [3.05, 3.63) is 46.8 Å². The van der Waals surface area contributed by atoms with E-state index in [0.29, 0.717) is 10.8 Å². The number of benzene rings is 2. The van der Waals surface area contributed by atoms with Gasteiger partial charge >= 0.3 is 23.9 Å². The van der Waals surface area contributed by atoms with Gasteiger partial charge in [-0.3, -0.25) is 0 Å². The number of nitrogens with one attached hydrogen (secondary N) is 2. The van der Waals surface area contributed by atoms with Crippen LogP contribution in [0.3, 0.4) is 0 Å². The van der Waals surface area contributed by atoms with Crippen LogP contribution in [0.4, 0.5) is 0 Å². The van der Waals surface area contributed by atoms with Crippen molar-refractivity contribution >= 4 is 56.5 Å². The Labute approximate surface area is 153 Å². The Morgan fingerprint density at radius 1 is 0.607 bits per heavy atom.